The average Bonchev–Trinajstić information content (AvgIpc) is 2.81. The maximum absolute atomic E-state index is 13.3. The van der Waals surface area contributed by atoms with Gasteiger partial charge >= 0.3 is 6.18 Å². The monoisotopic (exact) mass is 339 g/mol. The molecule has 0 bridgehead atoms. The number of amides is 1. The lowest BCUT2D eigenvalue weighted by molar-refractivity contribution is -0.267. The number of anilines is 1. The van der Waals surface area contributed by atoms with Crippen LogP contribution in [0.15, 0.2) is 0 Å². The second-order valence-electron chi connectivity index (χ2n) is 6.07. The summed E-state index contributed by atoms with van der Waals surface area (Å²) in [5.74, 6) is -4.78. The van der Waals surface area contributed by atoms with Gasteiger partial charge < -0.3 is 10.4 Å². The van der Waals surface area contributed by atoms with Crippen LogP contribution in [-0.4, -0.2) is 33.3 Å². The maximum atomic E-state index is 13.3. The molecule has 10 heteroatoms. The van der Waals surface area contributed by atoms with Gasteiger partial charge in [-0.25, -0.2) is 8.78 Å². The quantitative estimate of drug-likeness (QED) is 0.689. The molecule has 1 atom stereocenters. The number of rotatable bonds is 1. The van der Waals surface area contributed by atoms with E-state index in [2.05, 4.69) is 15.5 Å². The van der Waals surface area contributed by atoms with Gasteiger partial charge in [-0.1, -0.05) is 0 Å². The average molecular weight is 339 g/mol. The number of aliphatic hydroxyl groups is 1. The number of nitrogens with zero attached hydrogens (tertiary/aromatic N) is 1. The molecule has 1 aliphatic heterocycles. The first-order valence-electron chi connectivity index (χ1n) is 7.09. The molecule has 128 valence electrons. The molecule has 0 aromatic carbocycles. The van der Waals surface area contributed by atoms with Gasteiger partial charge in [-0.05, 0) is 12.8 Å². The zero-order chi connectivity index (χ0) is 17.0. The Morgan fingerprint density at radius 3 is 2.39 bits per heavy atom. The SMILES string of the molecule is O=C1CC(O)(C(F)(F)F)c2c(C3CCC(F)(F)CC3)n[nH]c2N1. The van der Waals surface area contributed by atoms with E-state index in [0.717, 1.165) is 0 Å². The molecule has 2 heterocycles. The zero-order valence-electron chi connectivity index (χ0n) is 11.8. The lowest BCUT2D eigenvalue weighted by Crippen LogP contribution is -2.48. The van der Waals surface area contributed by atoms with Crippen LogP contribution in [0.3, 0.4) is 0 Å². The predicted molar refractivity (Wildman–Crippen MR) is 67.9 cm³/mol. The van der Waals surface area contributed by atoms with Crippen molar-refractivity contribution >= 4 is 11.7 Å². The Balaban J connectivity index is 2.02. The van der Waals surface area contributed by atoms with E-state index in [4.69, 9.17) is 0 Å². The standard InChI is InChI=1S/C13H14F5N3O2/c14-11(15)3-1-6(2-4-11)9-8-10(21-20-9)19-7(22)5-12(8,23)13(16,17)18/h6,23H,1-5H2,(H2,19,20,21,22). The summed E-state index contributed by atoms with van der Waals surface area (Å²) in [5.41, 5.74) is -4.03. The van der Waals surface area contributed by atoms with Crippen LogP contribution < -0.4 is 5.32 Å². The maximum Gasteiger partial charge on any atom is 0.422 e. The first-order valence-corrected chi connectivity index (χ1v) is 7.09. The Hall–Kier alpha value is -1.71. The van der Waals surface area contributed by atoms with Crippen molar-refractivity contribution in [2.24, 2.45) is 0 Å². The third-order valence-corrected chi connectivity index (χ3v) is 4.46. The van der Waals surface area contributed by atoms with Gasteiger partial charge in [-0.2, -0.15) is 18.3 Å². The molecule has 3 N–H and O–H groups in total. The van der Waals surface area contributed by atoms with Crippen LogP contribution >= 0.6 is 0 Å². The summed E-state index contributed by atoms with van der Waals surface area (Å²) in [5, 5.41) is 18.4. The van der Waals surface area contributed by atoms with Crippen molar-refractivity contribution in [1.29, 1.82) is 0 Å². The van der Waals surface area contributed by atoms with Gasteiger partial charge in [-0.3, -0.25) is 9.89 Å². The molecule has 5 nitrogen and oxygen atoms in total. The molecule has 23 heavy (non-hydrogen) atoms. The molecule has 1 amide bonds. The Labute approximate surface area is 127 Å². The lowest BCUT2D eigenvalue weighted by atomic mass is 9.78. The molecule has 3 rings (SSSR count). The predicted octanol–water partition coefficient (Wildman–Crippen LogP) is 2.79. The fourth-order valence-corrected chi connectivity index (χ4v) is 3.22. The van der Waals surface area contributed by atoms with Gasteiger partial charge in [0.15, 0.2) is 5.60 Å². The smallest absolute Gasteiger partial charge is 0.376 e. The molecular formula is C13H14F5N3O2. The minimum atomic E-state index is -5.09. The van der Waals surface area contributed by atoms with Crippen LogP contribution in [0.4, 0.5) is 27.8 Å². The van der Waals surface area contributed by atoms with E-state index in [1.807, 2.05) is 0 Å². The van der Waals surface area contributed by atoms with E-state index in [0.29, 0.717) is 0 Å². The molecule has 1 aliphatic carbocycles. The van der Waals surface area contributed by atoms with Crippen molar-refractivity contribution in [3.05, 3.63) is 11.3 Å². The number of halogens is 5. The highest BCUT2D eigenvalue weighted by Gasteiger charge is 2.61. The summed E-state index contributed by atoms with van der Waals surface area (Å²) in [6.07, 6.45) is -7.24. The van der Waals surface area contributed by atoms with Gasteiger partial charge in [0.05, 0.1) is 17.7 Å². The van der Waals surface area contributed by atoms with Crippen LogP contribution in [0.25, 0.3) is 0 Å². The van der Waals surface area contributed by atoms with Crippen LogP contribution in [0.5, 0.6) is 0 Å². The highest BCUT2D eigenvalue weighted by Crippen LogP contribution is 2.51. The molecule has 0 saturated heterocycles. The second-order valence-corrected chi connectivity index (χ2v) is 6.07. The van der Waals surface area contributed by atoms with Crippen LogP contribution in [-0.2, 0) is 10.4 Å². The first-order chi connectivity index (χ1) is 10.5. The number of carbonyl (C=O) groups excluding carboxylic acids is 1. The third kappa shape index (κ3) is 2.58. The molecule has 1 unspecified atom stereocenters. The van der Waals surface area contributed by atoms with Gasteiger partial charge in [-0.15, -0.1) is 0 Å². The van der Waals surface area contributed by atoms with Crippen molar-refractivity contribution in [1.82, 2.24) is 10.2 Å². The lowest BCUT2D eigenvalue weighted by Gasteiger charge is -2.35. The number of alkyl halides is 5. The van der Waals surface area contributed by atoms with Crippen molar-refractivity contribution in [3.8, 4) is 0 Å². The number of aromatic nitrogens is 2. The number of aromatic amines is 1. The van der Waals surface area contributed by atoms with E-state index in [1.54, 1.807) is 0 Å². The molecule has 1 fully saturated rings. The van der Waals surface area contributed by atoms with E-state index in [-0.39, 0.29) is 24.4 Å². The van der Waals surface area contributed by atoms with Gasteiger partial charge in [0, 0.05) is 18.8 Å². The van der Waals surface area contributed by atoms with Crippen molar-refractivity contribution in [3.63, 3.8) is 0 Å². The molecule has 0 spiro atoms. The Morgan fingerprint density at radius 1 is 1.22 bits per heavy atom. The van der Waals surface area contributed by atoms with E-state index < -0.39 is 54.4 Å². The molecule has 2 aliphatic rings. The molecule has 1 saturated carbocycles. The normalized spacial score (nSPS) is 28.3. The summed E-state index contributed by atoms with van der Waals surface area (Å²) in [7, 11) is 0. The number of fused-ring (bicyclic) bond motifs is 1. The summed E-state index contributed by atoms with van der Waals surface area (Å²) in [6, 6.07) is 0. The van der Waals surface area contributed by atoms with Crippen molar-refractivity contribution < 1.29 is 31.9 Å². The summed E-state index contributed by atoms with van der Waals surface area (Å²) < 4.78 is 66.5. The number of nitrogens with one attached hydrogen (secondary N) is 2. The molecule has 1 aromatic heterocycles. The Bertz CT molecular complexity index is 632. The number of carbonyl (C=O) groups is 1. The highest BCUT2D eigenvalue weighted by molar-refractivity contribution is 5.94. The second kappa shape index (κ2) is 4.89. The van der Waals surface area contributed by atoms with E-state index in [1.165, 1.54) is 0 Å². The topological polar surface area (TPSA) is 78.0 Å². The highest BCUT2D eigenvalue weighted by atomic mass is 19.4. The summed E-state index contributed by atoms with van der Waals surface area (Å²) in [4.78, 5) is 11.4. The number of H-pyrrole nitrogens is 1. The molecule has 0 radical (unpaired) electrons. The summed E-state index contributed by atoms with van der Waals surface area (Å²) in [6.45, 7) is 0. The van der Waals surface area contributed by atoms with Crippen molar-refractivity contribution in [2.75, 3.05) is 5.32 Å². The van der Waals surface area contributed by atoms with Gasteiger partial charge in [0.2, 0.25) is 11.8 Å². The third-order valence-electron chi connectivity index (χ3n) is 4.46. The number of hydrogen-bond acceptors (Lipinski definition) is 3. The fraction of sp³-hybridized carbons (Fsp3) is 0.692. The first kappa shape index (κ1) is 16.2. The number of hydrogen-bond donors (Lipinski definition) is 3. The van der Waals surface area contributed by atoms with Gasteiger partial charge in [0.1, 0.15) is 5.82 Å². The molecule has 1 aromatic rings. The Kier molecular flexibility index (Phi) is 3.44. The summed E-state index contributed by atoms with van der Waals surface area (Å²) >= 11 is 0. The molecular weight excluding hydrogens is 325 g/mol. The Morgan fingerprint density at radius 2 is 1.83 bits per heavy atom. The minimum Gasteiger partial charge on any atom is -0.376 e. The van der Waals surface area contributed by atoms with Crippen LogP contribution in [0.1, 0.15) is 49.3 Å². The zero-order valence-corrected chi connectivity index (χ0v) is 11.8. The van der Waals surface area contributed by atoms with E-state index >= 15 is 0 Å². The minimum absolute atomic E-state index is 0.0355. The largest absolute Gasteiger partial charge is 0.422 e. The van der Waals surface area contributed by atoms with Crippen molar-refractivity contribution in [2.45, 2.75) is 55.7 Å². The van der Waals surface area contributed by atoms with Crippen LogP contribution in [0, 0.1) is 0 Å². The fourth-order valence-electron chi connectivity index (χ4n) is 3.22. The van der Waals surface area contributed by atoms with Gasteiger partial charge in [0.25, 0.3) is 0 Å². The van der Waals surface area contributed by atoms with Crippen LogP contribution in [0.2, 0.25) is 0 Å². The van der Waals surface area contributed by atoms with E-state index in [9.17, 15) is 31.9 Å².